The van der Waals surface area contributed by atoms with Gasteiger partial charge in [0.1, 0.15) is 11.3 Å². The summed E-state index contributed by atoms with van der Waals surface area (Å²) in [6.07, 6.45) is 0. The maximum absolute atomic E-state index is 11.9. The Morgan fingerprint density at radius 2 is 2.00 bits per heavy atom. The molecule has 0 fully saturated rings. The number of benzene rings is 1. The van der Waals surface area contributed by atoms with Gasteiger partial charge in [-0.05, 0) is 11.8 Å². The van der Waals surface area contributed by atoms with Gasteiger partial charge < -0.3 is 19.3 Å². The second-order valence-corrected chi connectivity index (χ2v) is 4.81. The average Bonchev–Trinajstić information content (AvgIpc) is 2.79. The first-order chi connectivity index (χ1) is 9.37. The Labute approximate surface area is 115 Å². The van der Waals surface area contributed by atoms with E-state index in [1.807, 2.05) is 0 Å². The van der Waals surface area contributed by atoms with E-state index in [1.54, 1.807) is 0 Å². The number of halogens is 3. The smallest absolute Gasteiger partial charge is 0.441 e. The SMILES string of the molecule is O=C(O)c1cc2c(cc1OCCSC(F)(F)F)OCO2. The number of carboxylic acids is 1. The highest BCUT2D eigenvalue weighted by Gasteiger charge is 2.28. The molecule has 1 N–H and O–H groups in total. The molecule has 0 aliphatic carbocycles. The topological polar surface area (TPSA) is 65.0 Å². The minimum absolute atomic E-state index is 0.0399. The number of aromatic carboxylic acids is 1. The number of rotatable bonds is 5. The number of hydrogen-bond acceptors (Lipinski definition) is 5. The normalized spacial score (nSPS) is 13.3. The van der Waals surface area contributed by atoms with Gasteiger partial charge in [0.25, 0.3) is 0 Å². The van der Waals surface area contributed by atoms with Gasteiger partial charge in [-0.15, -0.1) is 0 Å². The van der Waals surface area contributed by atoms with Crippen molar-refractivity contribution in [2.45, 2.75) is 5.51 Å². The van der Waals surface area contributed by atoms with Crippen molar-refractivity contribution in [2.75, 3.05) is 19.2 Å². The van der Waals surface area contributed by atoms with Gasteiger partial charge in [0.15, 0.2) is 11.5 Å². The summed E-state index contributed by atoms with van der Waals surface area (Å²) < 4.78 is 51.0. The monoisotopic (exact) mass is 310 g/mol. The van der Waals surface area contributed by atoms with Crippen molar-refractivity contribution in [2.24, 2.45) is 0 Å². The first-order valence-corrected chi connectivity index (χ1v) is 6.36. The molecule has 0 spiro atoms. The van der Waals surface area contributed by atoms with Crippen LogP contribution in [-0.2, 0) is 0 Å². The van der Waals surface area contributed by atoms with Crippen LogP contribution in [0.25, 0.3) is 0 Å². The summed E-state index contributed by atoms with van der Waals surface area (Å²) in [6, 6.07) is 2.51. The third-order valence-corrected chi connectivity index (χ3v) is 3.01. The van der Waals surface area contributed by atoms with Gasteiger partial charge in [0, 0.05) is 17.9 Å². The van der Waals surface area contributed by atoms with Crippen molar-refractivity contribution >= 4 is 17.7 Å². The molecule has 5 nitrogen and oxygen atoms in total. The van der Waals surface area contributed by atoms with E-state index in [4.69, 9.17) is 19.3 Å². The maximum Gasteiger partial charge on any atom is 0.441 e. The van der Waals surface area contributed by atoms with E-state index in [-0.39, 0.29) is 48.0 Å². The zero-order valence-corrected chi connectivity index (χ0v) is 10.7. The fraction of sp³-hybridized carbons (Fsp3) is 0.364. The highest BCUT2D eigenvalue weighted by molar-refractivity contribution is 8.00. The minimum atomic E-state index is -4.34. The predicted molar refractivity (Wildman–Crippen MR) is 63.5 cm³/mol. The number of hydrogen-bond donors (Lipinski definition) is 1. The standard InChI is InChI=1S/C11H9F3O5S/c12-11(13,14)20-2-1-17-7-4-9-8(18-5-19-9)3-6(7)10(15)16/h3-4H,1-2,5H2,(H,15,16). The molecule has 0 radical (unpaired) electrons. The number of ether oxygens (including phenoxy) is 3. The van der Waals surface area contributed by atoms with Crippen molar-refractivity contribution in [3.63, 3.8) is 0 Å². The summed E-state index contributed by atoms with van der Waals surface area (Å²) in [6.45, 7) is -0.314. The molecular formula is C11H9F3O5S. The fourth-order valence-electron chi connectivity index (χ4n) is 1.52. The van der Waals surface area contributed by atoms with E-state index in [1.165, 1.54) is 12.1 Å². The maximum atomic E-state index is 11.9. The quantitative estimate of drug-likeness (QED) is 0.844. The fourth-order valence-corrected chi connectivity index (χ4v) is 1.92. The number of carboxylic acid groups (broad SMARTS) is 1. The van der Waals surface area contributed by atoms with Crippen LogP contribution in [0.4, 0.5) is 13.2 Å². The molecule has 0 unspecified atom stereocenters. The van der Waals surface area contributed by atoms with Crippen LogP contribution in [0, 0.1) is 0 Å². The molecule has 0 saturated carbocycles. The van der Waals surface area contributed by atoms with E-state index < -0.39 is 11.5 Å². The largest absolute Gasteiger partial charge is 0.492 e. The molecule has 0 amide bonds. The average molecular weight is 310 g/mol. The lowest BCUT2D eigenvalue weighted by Gasteiger charge is -2.10. The van der Waals surface area contributed by atoms with Crippen molar-refractivity contribution in [3.8, 4) is 17.2 Å². The molecule has 0 saturated heterocycles. The molecule has 1 aromatic carbocycles. The summed E-state index contributed by atoms with van der Waals surface area (Å²) in [5.41, 5.74) is -4.53. The Kier molecular flexibility index (Phi) is 4.17. The predicted octanol–water partition coefficient (Wildman–Crippen LogP) is 2.75. The van der Waals surface area contributed by atoms with Crippen LogP contribution in [0.2, 0.25) is 0 Å². The highest BCUT2D eigenvalue weighted by atomic mass is 32.2. The zero-order valence-electron chi connectivity index (χ0n) is 9.90. The first-order valence-electron chi connectivity index (χ1n) is 5.37. The van der Waals surface area contributed by atoms with Gasteiger partial charge in [0.05, 0.1) is 6.61 Å². The van der Waals surface area contributed by atoms with Crippen LogP contribution in [0.5, 0.6) is 17.2 Å². The summed E-state index contributed by atoms with van der Waals surface area (Å²) in [4.78, 5) is 11.1. The van der Waals surface area contributed by atoms with Gasteiger partial charge in [-0.1, -0.05) is 0 Å². The van der Waals surface area contributed by atoms with Crippen LogP contribution in [0.3, 0.4) is 0 Å². The molecule has 9 heteroatoms. The molecule has 110 valence electrons. The molecule has 0 aromatic heterocycles. The van der Waals surface area contributed by atoms with Crippen molar-refractivity contribution in [1.29, 1.82) is 0 Å². The minimum Gasteiger partial charge on any atom is -0.492 e. The molecule has 1 aliphatic heterocycles. The van der Waals surface area contributed by atoms with Crippen molar-refractivity contribution in [1.82, 2.24) is 0 Å². The number of fused-ring (bicyclic) bond motifs is 1. The lowest BCUT2D eigenvalue weighted by molar-refractivity contribution is -0.0329. The summed E-state index contributed by atoms with van der Waals surface area (Å²) in [7, 11) is 0. The van der Waals surface area contributed by atoms with Crippen LogP contribution in [0.1, 0.15) is 10.4 Å². The van der Waals surface area contributed by atoms with Crippen molar-refractivity contribution < 1.29 is 37.3 Å². The van der Waals surface area contributed by atoms with E-state index in [0.29, 0.717) is 5.75 Å². The first kappa shape index (κ1) is 14.6. The van der Waals surface area contributed by atoms with Crippen LogP contribution in [0.15, 0.2) is 12.1 Å². The summed E-state index contributed by atoms with van der Waals surface area (Å²) in [5, 5.41) is 9.02. The Bertz CT molecular complexity index is 518. The van der Waals surface area contributed by atoms with Gasteiger partial charge in [-0.25, -0.2) is 4.79 Å². The zero-order chi connectivity index (χ0) is 14.8. The molecule has 1 heterocycles. The number of alkyl halides is 3. The Balaban J connectivity index is 2.05. The third kappa shape index (κ3) is 3.62. The second kappa shape index (κ2) is 5.70. The third-order valence-electron chi connectivity index (χ3n) is 2.31. The van der Waals surface area contributed by atoms with Crippen LogP contribution in [-0.4, -0.2) is 35.7 Å². The molecule has 0 atom stereocenters. The van der Waals surface area contributed by atoms with E-state index in [0.717, 1.165) is 0 Å². The molecule has 2 rings (SSSR count). The molecule has 0 bridgehead atoms. The van der Waals surface area contributed by atoms with Crippen molar-refractivity contribution in [3.05, 3.63) is 17.7 Å². The Morgan fingerprint density at radius 3 is 2.60 bits per heavy atom. The van der Waals surface area contributed by atoms with Gasteiger partial charge >= 0.3 is 11.5 Å². The molecular weight excluding hydrogens is 301 g/mol. The second-order valence-electron chi connectivity index (χ2n) is 3.65. The number of thioether (sulfide) groups is 1. The van der Waals surface area contributed by atoms with Crippen LogP contribution >= 0.6 is 11.8 Å². The lowest BCUT2D eigenvalue weighted by Crippen LogP contribution is -2.09. The summed E-state index contributed by atoms with van der Waals surface area (Å²) in [5.74, 6) is -1.09. The summed E-state index contributed by atoms with van der Waals surface area (Å²) >= 11 is -0.236. The van der Waals surface area contributed by atoms with E-state index >= 15 is 0 Å². The lowest BCUT2D eigenvalue weighted by atomic mass is 10.2. The molecule has 20 heavy (non-hydrogen) atoms. The molecule has 1 aromatic rings. The number of carbonyl (C=O) groups is 1. The van der Waals surface area contributed by atoms with E-state index in [9.17, 15) is 18.0 Å². The Hall–Kier alpha value is -1.77. The van der Waals surface area contributed by atoms with E-state index in [2.05, 4.69) is 0 Å². The van der Waals surface area contributed by atoms with Gasteiger partial charge in [-0.3, -0.25) is 0 Å². The Morgan fingerprint density at radius 1 is 1.35 bits per heavy atom. The van der Waals surface area contributed by atoms with Gasteiger partial charge in [-0.2, -0.15) is 13.2 Å². The van der Waals surface area contributed by atoms with Gasteiger partial charge in [0.2, 0.25) is 6.79 Å². The van der Waals surface area contributed by atoms with Crippen LogP contribution < -0.4 is 14.2 Å². The molecule has 1 aliphatic rings. The highest BCUT2D eigenvalue weighted by Crippen LogP contribution is 2.38.